The van der Waals surface area contributed by atoms with E-state index in [1.165, 1.54) is 6.54 Å². The van der Waals surface area contributed by atoms with E-state index in [2.05, 4.69) is 0 Å². The van der Waals surface area contributed by atoms with Gasteiger partial charge in [0.25, 0.3) is 0 Å². The quantitative estimate of drug-likeness (QED) is 0.484. The molecule has 1 rings (SSSR count). The first-order valence-electron chi connectivity index (χ1n) is 2.18. The molecule has 1 atom stereocenters. The number of ether oxygens (including phenoxy) is 2. The maximum absolute atomic E-state index is 5.10. The topological polar surface area (TPSA) is 44.5 Å². The van der Waals surface area contributed by atoms with Gasteiger partial charge in [0.2, 0.25) is 0 Å². The highest BCUT2D eigenvalue weighted by molar-refractivity contribution is 4.71. The Balaban J connectivity index is 2.14. The van der Waals surface area contributed by atoms with Crippen molar-refractivity contribution in [3.05, 3.63) is 6.54 Å². The molecule has 3 heteroatoms. The summed E-state index contributed by atoms with van der Waals surface area (Å²) in [5, 5.41) is 0. The summed E-state index contributed by atoms with van der Waals surface area (Å²) < 4.78 is 9.71. The van der Waals surface area contributed by atoms with Gasteiger partial charge in [-0.25, -0.2) is 0 Å². The Morgan fingerprint density at radius 3 is 2.86 bits per heavy atom. The molecule has 0 saturated carbocycles. The van der Waals surface area contributed by atoms with Crippen LogP contribution in [0, 0.1) is 6.54 Å². The highest BCUT2D eigenvalue weighted by Crippen LogP contribution is 2.01. The minimum Gasteiger partial charge on any atom is -0.353 e. The smallest absolute Gasteiger partial charge is 0.147 e. The highest BCUT2D eigenvalue weighted by atomic mass is 16.7. The van der Waals surface area contributed by atoms with Crippen LogP contribution in [0.25, 0.3) is 0 Å². The van der Waals surface area contributed by atoms with E-state index in [4.69, 9.17) is 15.2 Å². The van der Waals surface area contributed by atoms with Gasteiger partial charge in [0.05, 0.1) is 13.2 Å². The largest absolute Gasteiger partial charge is 0.353 e. The lowest BCUT2D eigenvalue weighted by molar-refractivity contribution is 0.0539. The molecule has 0 aromatic carbocycles. The van der Waals surface area contributed by atoms with E-state index in [-0.39, 0.29) is 6.10 Å². The van der Waals surface area contributed by atoms with E-state index in [1.54, 1.807) is 0 Å². The van der Waals surface area contributed by atoms with Crippen molar-refractivity contribution in [1.82, 2.24) is 0 Å². The molecule has 1 unspecified atom stereocenters. The Labute approximate surface area is 42.4 Å². The first kappa shape index (κ1) is 5.03. The van der Waals surface area contributed by atoms with E-state index in [9.17, 15) is 0 Å². The summed E-state index contributed by atoms with van der Waals surface area (Å²) in [6, 6.07) is 0. The van der Waals surface area contributed by atoms with Gasteiger partial charge in [-0.2, -0.15) is 0 Å². The van der Waals surface area contributed by atoms with E-state index < -0.39 is 0 Å². The second-order valence-corrected chi connectivity index (χ2v) is 1.39. The van der Waals surface area contributed by atoms with Crippen LogP contribution in [0.2, 0.25) is 0 Å². The van der Waals surface area contributed by atoms with Crippen LogP contribution in [-0.2, 0) is 9.47 Å². The predicted octanol–water partition coefficient (Wildman–Crippen LogP) is -0.520. The second kappa shape index (κ2) is 2.26. The number of hydrogen-bond acceptors (Lipinski definition) is 3. The molecule has 0 amide bonds. The number of hydrogen-bond donors (Lipinski definition) is 1. The van der Waals surface area contributed by atoms with Crippen molar-refractivity contribution in [3.8, 4) is 0 Å². The predicted molar refractivity (Wildman–Crippen MR) is 24.2 cm³/mol. The summed E-state index contributed by atoms with van der Waals surface area (Å²) in [6.07, 6.45) is 0.0278. The maximum atomic E-state index is 5.10. The zero-order chi connectivity index (χ0) is 5.11. The monoisotopic (exact) mass is 102 g/mol. The fraction of sp³-hybridized carbons (Fsp3) is 0.750. The molecule has 0 aromatic rings. The summed E-state index contributed by atoms with van der Waals surface area (Å²) in [7, 11) is 0. The first-order valence-corrected chi connectivity index (χ1v) is 2.18. The Kier molecular flexibility index (Phi) is 1.62. The SMILES string of the molecule is N[CH]C1COCO1. The van der Waals surface area contributed by atoms with Crippen molar-refractivity contribution in [1.29, 1.82) is 0 Å². The van der Waals surface area contributed by atoms with Crippen LogP contribution in [0.3, 0.4) is 0 Å². The van der Waals surface area contributed by atoms with Crippen LogP contribution in [-0.4, -0.2) is 19.5 Å². The van der Waals surface area contributed by atoms with Gasteiger partial charge in [-0.15, -0.1) is 0 Å². The van der Waals surface area contributed by atoms with Crippen molar-refractivity contribution < 1.29 is 9.47 Å². The van der Waals surface area contributed by atoms with Crippen molar-refractivity contribution in [3.63, 3.8) is 0 Å². The molecule has 41 valence electrons. The third-order valence-electron chi connectivity index (χ3n) is 0.862. The molecule has 2 N–H and O–H groups in total. The molecule has 0 bridgehead atoms. The standard InChI is InChI=1S/C4H8NO2/c5-1-4-2-6-3-7-4/h1,4H,2-3,5H2. The average Bonchev–Trinajstić information content (AvgIpc) is 2.14. The van der Waals surface area contributed by atoms with Gasteiger partial charge in [0, 0.05) is 0 Å². The summed E-state index contributed by atoms with van der Waals surface area (Å²) in [4.78, 5) is 0. The molecule has 7 heavy (non-hydrogen) atoms. The van der Waals surface area contributed by atoms with Crippen LogP contribution in [0.15, 0.2) is 0 Å². The zero-order valence-electron chi connectivity index (χ0n) is 3.96. The molecule has 1 aliphatic rings. The van der Waals surface area contributed by atoms with Crippen molar-refractivity contribution in [2.24, 2.45) is 5.73 Å². The first-order chi connectivity index (χ1) is 3.43. The summed E-state index contributed by atoms with van der Waals surface area (Å²) in [5.41, 5.74) is 5.10. The molecular formula is C4H8NO2. The highest BCUT2D eigenvalue weighted by Gasteiger charge is 2.12. The van der Waals surface area contributed by atoms with Gasteiger partial charge < -0.3 is 15.2 Å². The van der Waals surface area contributed by atoms with Gasteiger partial charge >= 0.3 is 0 Å². The molecule has 0 aliphatic carbocycles. The lowest BCUT2D eigenvalue weighted by Gasteiger charge is -1.97. The normalized spacial score (nSPS) is 31.3. The average molecular weight is 102 g/mol. The van der Waals surface area contributed by atoms with Crippen molar-refractivity contribution >= 4 is 0 Å². The number of nitrogens with two attached hydrogens (primary N) is 1. The second-order valence-electron chi connectivity index (χ2n) is 1.39. The van der Waals surface area contributed by atoms with E-state index >= 15 is 0 Å². The fourth-order valence-electron chi connectivity index (χ4n) is 0.459. The molecule has 1 saturated heterocycles. The maximum Gasteiger partial charge on any atom is 0.147 e. The lowest BCUT2D eigenvalue weighted by atomic mass is 10.4. The Morgan fingerprint density at radius 1 is 1.71 bits per heavy atom. The zero-order valence-corrected chi connectivity index (χ0v) is 3.96. The molecule has 3 nitrogen and oxygen atoms in total. The molecular weight excluding hydrogens is 94.0 g/mol. The van der Waals surface area contributed by atoms with E-state index in [0.717, 1.165) is 0 Å². The van der Waals surface area contributed by atoms with Crippen LogP contribution < -0.4 is 5.73 Å². The van der Waals surface area contributed by atoms with Crippen LogP contribution in [0.5, 0.6) is 0 Å². The van der Waals surface area contributed by atoms with Crippen LogP contribution in [0.4, 0.5) is 0 Å². The Bertz CT molecular complexity index is 51.7. The molecule has 1 radical (unpaired) electrons. The van der Waals surface area contributed by atoms with Gasteiger partial charge in [-0.05, 0) is 0 Å². The Hall–Kier alpha value is -0.120. The van der Waals surface area contributed by atoms with E-state index in [0.29, 0.717) is 13.4 Å². The lowest BCUT2D eigenvalue weighted by Crippen LogP contribution is -2.14. The molecule has 1 heterocycles. The molecule has 0 aromatic heterocycles. The Morgan fingerprint density at radius 2 is 2.57 bits per heavy atom. The molecule has 1 fully saturated rings. The van der Waals surface area contributed by atoms with Crippen molar-refractivity contribution in [2.45, 2.75) is 6.10 Å². The minimum absolute atomic E-state index is 0.0278. The van der Waals surface area contributed by atoms with Gasteiger partial charge in [0.1, 0.15) is 12.9 Å². The van der Waals surface area contributed by atoms with Crippen molar-refractivity contribution in [2.75, 3.05) is 13.4 Å². The van der Waals surface area contributed by atoms with E-state index in [1.807, 2.05) is 0 Å². The molecule has 0 spiro atoms. The third kappa shape index (κ3) is 1.12. The van der Waals surface area contributed by atoms with Gasteiger partial charge in [-0.3, -0.25) is 0 Å². The van der Waals surface area contributed by atoms with Gasteiger partial charge in [0.15, 0.2) is 0 Å². The fourth-order valence-corrected chi connectivity index (χ4v) is 0.459. The summed E-state index contributed by atoms with van der Waals surface area (Å²) in [6.45, 7) is 2.49. The van der Waals surface area contributed by atoms with Crippen LogP contribution in [0.1, 0.15) is 0 Å². The minimum atomic E-state index is 0.0278. The van der Waals surface area contributed by atoms with Crippen LogP contribution >= 0.6 is 0 Å². The molecule has 1 aliphatic heterocycles. The third-order valence-corrected chi connectivity index (χ3v) is 0.862. The van der Waals surface area contributed by atoms with Gasteiger partial charge in [-0.1, -0.05) is 0 Å². The summed E-state index contributed by atoms with van der Waals surface area (Å²) in [5.74, 6) is 0. The number of rotatable bonds is 1. The summed E-state index contributed by atoms with van der Waals surface area (Å²) >= 11 is 0.